The van der Waals surface area contributed by atoms with Crippen LogP contribution in [-0.2, 0) is 0 Å². The Morgan fingerprint density at radius 1 is 1.33 bits per heavy atom. The van der Waals surface area contributed by atoms with Gasteiger partial charge in [0.05, 0.1) is 4.92 Å². The number of nitrogens with one attached hydrogen (secondary N) is 1. The fourth-order valence-electron chi connectivity index (χ4n) is 2.54. The van der Waals surface area contributed by atoms with Gasteiger partial charge in [0.25, 0.3) is 5.69 Å². The number of nitrogens with zero attached hydrogens (tertiary/aromatic N) is 2. The summed E-state index contributed by atoms with van der Waals surface area (Å²) in [6.45, 7) is 7.38. The normalized spacial score (nSPS) is 14.0. The van der Waals surface area contributed by atoms with E-state index < -0.39 is 0 Å². The van der Waals surface area contributed by atoms with Gasteiger partial charge >= 0.3 is 0 Å². The molecule has 2 atom stereocenters. The van der Waals surface area contributed by atoms with E-state index >= 15 is 0 Å². The Bertz CT molecular complexity index is 642. The van der Waals surface area contributed by atoms with Gasteiger partial charge < -0.3 is 5.32 Å². The first-order valence-corrected chi connectivity index (χ1v) is 7.31. The summed E-state index contributed by atoms with van der Waals surface area (Å²) in [6.07, 6.45) is 2.68. The molecule has 0 fully saturated rings. The number of hydrogen-bond donors (Lipinski definition) is 1. The molecule has 0 aliphatic heterocycles. The Labute approximate surface area is 124 Å². The molecule has 0 aliphatic carbocycles. The van der Waals surface area contributed by atoms with Crippen LogP contribution in [0, 0.1) is 10.1 Å². The van der Waals surface area contributed by atoms with Gasteiger partial charge in [-0.25, -0.2) is 4.98 Å². The van der Waals surface area contributed by atoms with Crippen LogP contribution in [0.3, 0.4) is 0 Å². The number of fused-ring (bicyclic) bond motifs is 1. The highest BCUT2D eigenvalue weighted by molar-refractivity contribution is 5.90. The molecule has 5 heteroatoms. The predicted octanol–water partition coefficient (Wildman–Crippen LogP) is 3.63. The average Bonchev–Trinajstić information content (AvgIpc) is 2.50. The Morgan fingerprint density at radius 2 is 2.10 bits per heavy atom. The molecule has 0 amide bonds. The first kappa shape index (κ1) is 15.4. The molecule has 2 unspecified atom stereocenters. The van der Waals surface area contributed by atoms with E-state index in [0.717, 1.165) is 23.9 Å². The lowest BCUT2D eigenvalue weighted by atomic mass is 9.90. The number of nitro benzene ring substituents is 1. The molecule has 5 nitrogen and oxygen atoms in total. The highest BCUT2D eigenvalue weighted by atomic mass is 16.6. The largest absolute Gasteiger partial charge is 0.314 e. The van der Waals surface area contributed by atoms with Crippen molar-refractivity contribution in [2.45, 2.75) is 39.2 Å². The van der Waals surface area contributed by atoms with Crippen LogP contribution < -0.4 is 5.32 Å². The van der Waals surface area contributed by atoms with Crippen LogP contribution in [0.1, 0.15) is 38.7 Å². The van der Waals surface area contributed by atoms with Crippen molar-refractivity contribution < 1.29 is 4.92 Å². The van der Waals surface area contributed by atoms with Crippen molar-refractivity contribution in [2.24, 2.45) is 0 Å². The van der Waals surface area contributed by atoms with Crippen LogP contribution in [0.4, 0.5) is 5.69 Å². The minimum atomic E-state index is -0.372. The summed E-state index contributed by atoms with van der Waals surface area (Å²) in [5.74, 6) is 0.254. The number of benzene rings is 1. The average molecular weight is 287 g/mol. The van der Waals surface area contributed by atoms with E-state index in [1.165, 1.54) is 0 Å². The van der Waals surface area contributed by atoms with E-state index in [9.17, 15) is 10.1 Å². The second kappa shape index (κ2) is 6.63. The molecule has 0 saturated carbocycles. The topological polar surface area (TPSA) is 68.1 Å². The summed E-state index contributed by atoms with van der Waals surface area (Å²) in [7, 11) is 0. The quantitative estimate of drug-likeness (QED) is 0.650. The molecule has 0 saturated heterocycles. The monoisotopic (exact) mass is 287 g/mol. The summed E-state index contributed by atoms with van der Waals surface area (Å²) in [5, 5.41) is 15.5. The van der Waals surface area contributed by atoms with E-state index in [0.29, 0.717) is 11.6 Å². The first-order chi connectivity index (χ1) is 10.1. The fourth-order valence-corrected chi connectivity index (χ4v) is 2.54. The van der Waals surface area contributed by atoms with Crippen molar-refractivity contribution in [2.75, 3.05) is 6.54 Å². The molecule has 0 spiro atoms. The third kappa shape index (κ3) is 3.19. The summed E-state index contributed by atoms with van der Waals surface area (Å²) < 4.78 is 0. The number of pyridine rings is 1. The van der Waals surface area contributed by atoms with Crippen LogP contribution in [0.25, 0.3) is 10.9 Å². The molecule has 0 aliphatic rings. The number of nitro groups is 1. The first-order valence-electron chi connectivity index (χ1n) is 7.31. The minimum Gasteiger partial charge on any atom is -0.314 e. The van der Waals surface area contributed by atoms with Crippen LogP contribution in [0.5, 0.6) is 0 Å². The van der Waals surface area contributed by atoms with E-state index in [-0.39, 0.29) is 16.5 Å². The van der Waals surface area contributed by atoms with Gasteiger partial charge in [-0.3, -0.25) is 10.1 Å². The Balaban J connectivity index is 2.46. The summed E-state index contributed by atoms with van der Waals surface area (Å²) in [6, 6.07) is 7.46. The minimum absolute atomic E-state index is 0.0655. The molecule has 0 radical (unpaired) electrons. The number of non-ortho nitro benzene ring substituents is 1. The molecular formula is C16H21N3O2. The second-order valence-electron chi connectivity index (χ2n) is 5.36. The van der Waals surface area contributed by atoms with Crippen molar-refractivity contribution >= 4 is 16.6 Å². The third-order valence-corrected chi connectivity index (χ3v) is 3.94. The molecule has 1 heterocycles. The predicted molar refractivity (Wildman–Crippen MR) is 84.6 cm³/mol. The van der Waals surface area contributed by atoms with Crippen LogP contribution >= 0.6 is 0 Å². The van der Waals surface area contributed by atoms with E-state index in [1.54, 1.807) is 12.3 Å². The maximum atomic E-state index is 11.1. The summed E-state index contributed by atoms with van der Waals surface area (Å²) >= 11 is 0. The SMILES string of the molecule is CCCNC(C)C(C)c1ccc([N+](=O)[O-])c2ncccc12. The fraction of sp³-hybridized carbons (Fsp3) is 0.438. The maximum absolute atomic E-state index is 11.1. The van der Waals surface area contributed by atoms with Crippen molar-refractivity contribution in [3.63, 3.8) is 0 Å². The highest BCUT2D eigenvalue weighted by Crippen LogP contribution is 2.32. The Kier molecular flexibility index (Phi) is 4.85. The molecule has 1 aromatic heterocycles. The molecule has 112 valence electrons. The van der Waals surface area contributed by atoms with Crippen molar-refractivity contribution in [3.05, 3.63) is 46.1 Å². The lowest BCUT2D eigenvalue weighted by Gasteiger charge is -2.22. The highest BCUT2D eigenvalue weighted by Gasteiger charge is 2.21. The van der Waals surface area contributed by atoms with Crippen LogP contribution in [0.15, 0.2) is 30.5 Å². The molecule has 0 bridgehead atoms. The zero-order valence-electron chi connectivity index (χ0n) is 12.7. The zero-order valence-corrected chi connectivity index (χ0v) is 12.7. The molecule has 21 heavy (non-hydrogen) atoms. The smallest absolute Gasteiger partial charge is 0.295 e. The van der Waals surface area contributed by atoms with Gasteiger partial charge in [0.2, 0.25) is 0 Å². The molecule has 2 aromatic rings. The maximum Gasteiger partial charge on any atom is 0.295 e. The van der Waals surface area contributed by atoms with Gasteiger partial charge in [-0.1, -0.05) is 26.0 Å². The van der Waals surface area contributed by atoms with Crippen LogP contribution in [0.2, 0.25) is 0 Å². The summed E-state index contributed by atoms with van der Waals surface area (Å²) in [5.41, 5.74) is 1.63. The lowest BCUT2D eigenvalue weighted by molar-refractivity contribution is -0.383. The van der Waals surface area contributed by atoms with Crippen molar-refractivity contribution in [1.29, 1.82) is 0 Å². The van der Waals surface area contributed by atoms with Gasteiger partial charge in [-0.15, -0.1) is 0 Å². The number of rotatable bonds is 6. The van der Waals surface area contributed by atoms with Gasteiger partial charge in [-0.2, -0.15) is 0 Å². The number of aromatic nitrogens is 1. The summed E-state index contributed by atoms with van der Waals surface area (Å²) in [4.78, 5) is 15.0. The third-order valence-electron chi connectivity index (χ3n) is 3.94. The Hall–Kier alpha value is -2.01. The van der Waals surface area contributed by atoms with Gasteiger partial charge in [-0.05, 0) is 37.4 Å². The van der Waals surface area contributed by atoms with E-state index in [1.807, 2.05) is 18.2 Å². The van der Waals surface area contributed by atoms with Gasteiger partial charge in [0.15, 0.2) is 0 Å². The molecule has 2 rings (SSSR count). The van der Waals surface area contributed by atoms with Gasteiger partial charge in [0, 0.05) is 23.7 Å². The van der Waals surface area contributed by atoms with E-state index in [2.05, 4.69) is 31.1 Å². The zero-order chi connectivity index (χ0) is 15.4. The molecule has 1 aromatic carbocycles. The number of hydrogen-bond acceptors (Lipinski definition) is 4. The second-order valence-corrected chi connectivity index (χ2v) is 5.36. The standard InChI is InChI=1S/C16H21N3O2/c1-4-9-17-12(3)11(2)13-7-8-15(19(20)21)16-14(13)6-5-10-18-16/h5-8,10-12,17H,4,9H2,1-3H3. The van der Waals surface area contributed by atoms with Crippen LogP contribution in [-0.4, -0.2) is 22.5 Å². The molecule has 1 N–H and O–H groups in total. The van der Waals surface area contributed by atoms with Crippen molar-refractivity contribution in [1.82, 2.24) is 10.3 Å². The van der Waals surface area contributed by atoms with Crippen molar-refractivity contribution in [3.8, 4) is 0 Å². The van der Waals surface area contributed by atoms with E-state index in [4.69, 9.17) is 0 Å². The lowest BCUT2D eigenvalue weighted by Crippen LogP contribution is -2.31. The van der Waals surface area contributed by atoms with Gasteiger partial charge in [0.1, 0.15) is 5.52 Å². The Morgan fingerprint density at radius 3 is 2.76 bits per heavy atom. The molecular weight excluding hydrogens is 266 g/mol.